The molecule has 0 aliphatic carbocycles. The molecule has 0 bridgehead atoms. The van der Waals surface area contributed by atoms with E-state index in [9.17, 15) is 18.8 Å². The van der Waals surface area contributed by atoms with Gasteiger partial charge in [0, 0.05) is 30.2 Å². The van der Waals surface area contributed by atoms with Gasteiger partial charge < -0.3 is 19.0 Å². The molecule has 0 unspecified atom stereocenters. The molecule has 0 atom stereocenters. The molecule has 0 spiro atoms. The summed E-state index contributed by atoms with van der Waals surface area (Å²) in [5.41, 5.74) is 1.60. The Kier molecular flexibility index (Phi) is 9.04. The fourth-order valence-corrected chi connectivity index (χ4v) is 4.23. The molecule has 0 radical (unpaired) electrons. The van der Waals surface area contributed by atoms with E-state index in [0.29, 0.717) is 27.7 Å². The van der Waals surface area contributed by atoms with Crippen LogP contribution in [0, 0.1) is 5.82 Å². The maximum Gasteiger partial charge on any atom is 0.254 e. The van der Waals surface area contributed by atoms with Crippen molar-refractivity contribution in [3.63, 3.8) is 0 Å². The molecule has 1 heterocycles. The van der Waals surface area contributed by atoms with Crippen LogP contribution in [-0.4, -0.2) is 48.4 Å². The highest BCUT2D eigenvalue weighted by molar-refractivity contribution is 9.10. The van der Waals surface area contributed by atoms with Crippen molar-refractivity contribution in [2.45, 2.75) is 13.1 Å². The Balaban J connectivity index is 1.62. The summed E-state index contributed by atoms with van der Waals surface area (Å²) >= 11 is 3.36. The van der Waals surface area contributed by atoms with E-state index in [2.05, 4.69) is 15.9 Å². The monoisotopic (exact) mass is 580 g/mol. The van der Waals surface area contributed by atoms with Gasteiger partial charge in [0.05, 0.1) is 30.4 Å². The number of ether oxygens (including phenoxy) is 1. The van der Waals surface area contributed by atoms with E-state index in [1.807, 2.05) is 0 Å². The fourth-order valence-electron chi connectivity index (χ4n) is 3.97. The van der Waals surface area contributed by atoms with Crippen molar-refractivity contribution < 1.29 is 23.1 Å². The lowest BCUT2D eigenvalue weighted by molar-refractivity contribution is -0.133. The van der Waals surface area contributed by atoms with Gasteiger partial charge in [0.25, 0.3) is 5.91 Å². The van der Waals surface area contributed by atoms with Crippen LogP contribution in [0.5, 0.6) is 0 Å². The van der Waals surface area contributed by atoms with Crippen LogP contribution >= 0.6 is 15.9 Å². The summed E-state index contributed by atoms with van der Waals surface area (Å²) in [4.78, 5) is 42.9. The Hall–Kier alpha value is -3.82. The van der Waals surface area contributed by atoms with E-state index in [0.717, 1.165) is 4.47 Å². The van der Waals surface area contributed by atoms with Gasteiger partial charge in [0.2, 0.25) is 5.91 Å². The second kappa shape index (κ2) is 12.6. The molecule has 9 heteroatoms. The van der Waals surface area contributed by atoms with E-state index in [1.54, 1.807) is 60.7 Å². The van der Waals surface area contributed by atoms with E-state index < -0.39 is 5.82 Å². The van der Waals surface area contributed by atoms with Gasteiger partial charge in [-0.1, -0.05) is 40.2 Å². The molecule has 0 saturated heterocycles. The van der Waals surface area contributed by atoms with Gasteiger partial charge in [-0.3, -0.25) is 14.4 Å². The highest BCUT2D eigenvalue weighted by atomic mass is 79.9. The Morgan fingerprint density at radius 2 is 1.66 bits per heavy atom. The standard InChI is InChI=1S/C29H26BrFN2O5/c1-37-15-14-32(29(36)21-8-10-23(30)11-9-21)18-27(34)33(16-20-6-12-24(31)13-7-20)17-22-19-38-26-5-3-2-4-25(26)28(22)35/h2-13,19H,14-18H2,1H3. The SMILES string of the molecule is COCCN(CC(=O)N(Cc1ccc(F)cc1)Cc1coc2ccccc2c1=O)C(=O)c1ccc(Br)cc1. The van der Waals surface area contributed by atoms with Gasteiger partial charge in [-0.15, -0.1) is 0 Å². The molecule has 0 N–H and O–H groups in total. The van der Waals surface area contributed by atoms with Gasteiger partial charge in [-0.05, 0) is 54.1 Å². The van der Waals surface area contributed by atoms with Crippen LogP contribution in [0.4, 0.5) is 4.39 Å². The van der Waals surface area contributed by atoms with E-state index in [4.69, 9.17) is 9.15 Å². The predicted molar refractivity (Wildman–Crippen MR) is 145 cm³/mol. The highest BCUT2D eigenvalue weighted by Gasteiger charge is 2.24. The summed E-state index contributed by atoms with van der Waals surface area (Å²) in [6.45, 7) is 0.254. The first-order valence-electron chi connectivity index (χ1n) is 11.9. The van der Waals surface area contributed by atoms with Crippen molar-refractivity contribution >= 4 is 38.7 Å². The number of rotatable bonds is 10. The molecule has 4 rings (SSSR count). The van der Waals surface area contributed by atoms with Crippen molar-refractivity contribution in [2.24, 2.45) is 0 Å². The number of methoxy groups -OCH3 is 1. The van der Waals surface area contributed by atoms with Crippen molar-refractivity contribution in [3.8, 4) is 0 Å². The number of carbonyl (C=O) groups excluding carboxylic acids is 2. The third-order valence-electron chi connectivity index (χ3n) is 6.02. The second-order valence-electron chi connectivity index (χ2n) is 8.69. The summed E-state index contributed by atoms with van der Waals surface area (Å²) in [7, 11) is 1.52. The number of benzene rings is 3. The van der Waals surface area contributed by atoms with Crippen LogP contribution < -0.4 is 5.43 Å². The van der Waals surface area contributed by atoms with Crippen LogP contribution in [0.1, 0.15) is 21.5 Å². The molecular weight excluding hydrogens is 555 g/mol. The lowest BCUT2D eigenvalue weighted by Gasteiger charge is -2.28. The highest BCUT2D eigenvalue weighted by Crippen LogP contribution is 2.16. The summed E-state index contributed by atoms with van der Waals surface area (Å²) < 4.78 is 25.1. The summed E-state index contributed by atoms with van der Waals surface area (Å²) in [6, 6.07) is 19.5. The number of amides is 2. The summed E-state index contributed by atoms with van der Waals surface area (Å²) in [5.74, 6) is -1.11. The van der Waals surface area contributed by atoms with Crippen molar-refractivity contribution in [3.05, 3.63) is 116 Å². The second-order valence-corrected chi connectivity index (χ2v) is 9.60. The molecule has 196 valence electrons. The van der Waals surface area contributed by atoms with Gasteiger partial charge in [-0.25, -0.2) is 4.39 Å². The van der Waals surface area contributed by atoms with Crippen molar-refractivity contribution in [1.29, 1.82) is 0 Å². The third-order valence-corrected chi connectivity index (χ3v) is 6.55. The average molecular weight is 581 g/mol. The van der Waals surface area contributed by atoms with E-state index >= 15 is 0 Å². The molecule has 0 aliphatic rings. The number of halogens is 2. The predicted octanol–water partition coefficient (Wildman–Crippen LogP) is 5.01. The number of fused-ring (bicyclic) bond motifs is 1. The van der Waals surface area contributed by atoms with Gasteiger partial charge in [0.15, 0.2) is 5.43 Å². The minimum absolute atomic E-state index is 0.0476. The zero-order valence-corrected chi connectivity index (χ0v) is 22.3. The Labute approximate surface area is 227 Å². The Morgan fingerprint density at radius 3 is 2.37 bits per heavy atom. The van der Waals surface area contributed by atoms with Crippen LogP contribution in [0.3, 0.4) is 0 Å². The number of carbonyl (C=O) groups is 2. The largest absolute Gasteiger partial charge is 0.464 e. The first kappa shape index (κ1) is 27.2. The number of para-hydroxylation sites is 1. The van der Waals surface area contributed by atoms with Gasteiger partial charge in [0.1, 0.15) is 17.9 Å². The van der Waals surface area contributed by atoms with Gasteiger partial charge >= 0.3 is 0 Å². The van der Waals surface area contributed by atoms with Crippen molar-refractivity contribution in [1.82, 2.24) is 9.80 Å². The molecule has 3 aromatic carbocycles. The smallest absolute Gasteiger partial charge is 0.254 e. The lowest BCUT2D eigenvalue weighted by Crippen LogP contribution is -2.44. The molecule has 0 fully saturated rings. The Bertz CT molecular complexity index is 1470. The van der Waals surface area contributed by atoms with Crippen LogP contribution in [0.2, 0.25) is 0 Å². The lowest BCUT2D eigenvalue weighted by atomic mass is 10.1. The summed E-state index contributed by atoms with van der Waals surface area (Å²) in [6.07, 6.45) is 1.35. The zero-order chi connectivity index (χ0) is 27.1. The number of hydrogen-bond acceptors (Lipinski definition) is 5. The molecule has 0 aliphatic heterocycles. The first-order valence-corrected chi connectivity index (χ1v) is 12.7. The zero-order valence-electron chi connectivity index (χ0n) is 20.7. The molecule has 2 amide bonds. The van der Waals surface area contributed by atoms with Crippen LogP contribution in [0.25, 0.3) is 11.0 Å². The molecule has 0 saturated carbocycles. The Morgan fingerprint density at radius 1 is 0.947 bits per heavy atom. The normalized spacial score (nSPS) is 10.9. The van der Waals surface area contributed by atoms with Crippen LogP contribution in [0.15, 0.2) is 92.7 Å². The molecular formula is C29H26BrFN2O5. The first-order chi connectivity index (χ1) is 18.4. The third kappa shape index (κ3) is 6.73. The van der Waals surface area contributed by atoms with Gasteiger partial charge in [-0.2, -0.15) is 0 Å². The summed E-state index contributed by atoms with van der Waals surface area (Å²) in [5, 5.41) is 0.409. The number of hydrogen-bond donors (Lipinski definition) is 0. The van der Waals surface area contributed by atoms with Crippen molar-refractivity contribution in [2.75, 3.05) is 26.8 Å². The van der Waals surface area contributed by atoms with Crippen LogP contribution in [-0.2, 0) is 22.6 Å². The molecule has 1 aromatic heterocycles. The topological polar surface area (TPSA) is 80.1 Å². The maximum absolute atomic E-state index is 13.6. The molecule has 7 nitrogen and oxygen atoms in total. The molecule has 4 aromatic rings. The molecule has 38 heavy (non-hydrogen) atoms. The average Bonchev–Trinajstić information content (AvgIpc) is 2.93. The maximum atomic E-state index is 13.6. The fraction of sp³-hybridized carbons (Fsp3) is 0.207. The minimum atomic E-state index is -0.396. The minimum Gasteiger partial charge on any atom is -0.464 e. The van der Waals surface area contributed by atoms with E-state index in [1.165, 1.54) is 35.3 Å². The number of nitrogens with zero attached hydrogens (tertiary/aromatic N) is 2. The quantitative estimate of drug-likeness (QED) is 0.263. The van der Waals surface area contributed by atoms with E-state index in [-0.39, 0.29) is 50.0 Å².